The van der Waals surface area contributed by atoms with Gasteiger partial charge in [-0.15, -0.1) is 0 Å². The van der Waals surface area contributed by atoms with Crippen LogP contribution in [-0.2, 0) is 0 Å². The summed E-state index contributed by atoms with van der Waals surface area (Å²) in [4.78, 5) is 21.3. The lowest BCUT2D eigenvalue weighted by atomic mass is 9.93. The van der Waals surface area contributed by atoms with Gasteiger partial charge in [0.2, 0.25) is 0 Å². The minimum absolute atomic E-state index is 0.0222. The van der Waals surface area contributed by atoms with E-state index in [1.54, 1.807) is 6.20 Å². The Kier molecular flexibility index (Phi) is 3.79. The number of hydrogen-bond acceptors (Lipinski definition) is 4. The van der Waals surface area contributed by atoms with Gasteiger partial charge in [-0.05, 0) is 31.4 Å². The van der Waals surface area contributed by atoms with Gasteiger partial charge in [0.05, 0.1) is 12.4 Å². The largest absolute Gasteiger partial charge is 0.476 e. The molecular weight excluding hydrogens is 278 g/mol. The molecule has 114 valence electrons. The Morgan fingerprint density at radius 3 is 2.68 bits per heavy atom. The summed E-state index contributed by atoms with van der Waals surface area (Å²) in [5.41, 5.74) is 2.67. The number of anilines is 1. The third kappa shape index (κ3) is 2.66. The van der Waals surface area contributed by atoms with Crippen molar-refractivity contribution in [1.29, 1.82) is 0 Å². The molecule has 1 N–H and O–H groups in total. The Bertz CT molecular complexity index is 685. The Morgan fingerprint density at radius 2 is 2.05 bits per heavy atom. The zero-order valence-corrected chi connectivity index (χ0v) is 12.7. The highest BCUT2D eigenvalue weighted by atomic mass is 16.4. The summed E-state index contributed by atoms with van der Waals surface area (Å²) in [5, 5.41) is 8.90. The van der Waals surface area contributed by atoms with Crippen LogP contribution in [0.3, 0.4) is 0 Å². The fraction of sp³-hybridized carbons (Fsp3) is 0.353. The second-order valence-corrected chi connectivity index (χ2v) is 5.86. The van der Waals surface area contributed by atoms with E-state index in [0.717, 1.165) is 18.8 Å². The van der Waals surface area contributed by atoms with Crippen LogP contribution >= 0.6 is 0 Å². The van der Waals surface area contributed by atoms with Gasteiger partial charge in [-0.25, -0.2) is 14.8 Å². The molecule has 2 atom stereocenters. The second kappa shape index (κ2) is 5.75. The number of benzene rings is 1. The smallest absolute Gasteiger partial charge is 0.356 e. The molecule has 22 heavy (non-hydrogen) atoms. The molecule has 1 aliphatic heterocycles. The second-order valence-electron chi connectivity index (χ2n) is 5.86. The maximum Gasteiger partial charge on any atom is 0.356 e. The van der Waals surface area contributed by atoms with Crippen molar-refractivity contribution in [2.45, 2.75) is 32.2 Å². The number of carboxylic acid groups (broad SMARTS) is 1. The van der Waals surface area contributed by atoms with Gasteiger partial charge in [0, 0.05) is 18.5 Å². The Balaban J connectivity index is 1.81. The predicted molar refractivity (Wildman–Crippen MR) is 84.3 cm³/mol. The van der Waals surface area contributed by atoms with Crippen molar-refractivity contribution in [1.82, 2.24) is 9.97 Å². The van der Waals surface area contributed by atoms with Gasteiger partial charge in [0.1, 0.15) is 5.82 Å². The average molecular weight is 297 g/mol. The van der Waals surface area contributed by atoms with E-state index in [-0.39, 0.29) is 5.69 Å². The van der Waals surface area contributed by atoms with Crippen LogP contribution < -0.4 is 4.90 Å². The van der Waals surface area contributed by atoms with Gasteiger partial charge in [-0.2, -0.15) is 0 Å². The average Bonchev–Trinajstić information content (AvgIpc) is 2.89. The van der Waals surface area contributed by atoms with Gasteiger partial charge in [0.15, 0.2) is 5.69 Å². The molecule has 1 aromatic carbocycles. The summed E-state index contributed by atoms with van der Waals surface area (Å²) >= 11 is 0. The molecule has 1 aliphatic rings. The van der Waals surface area contributed by atoms with Crippen LogP contribution in [0.25, 0.3) is 0 Å². The van der Waals surface area contributed by atoms with Gasteiger partial charge in [-0.3, -0.25) is 0 Å². The van der Waals surface area contributed by atoms with Crippen molar-refractivity contribution >= 4 is 11.8 Å². The van der Waals surface area contributed by atoms with E-state index in [1.807, 2.05) is 0 Å². The van der Waals surface area contributed by atoms with E-state index in [9.17, 15) is 4.79 Å². The molecule has 5 heteroatoms. The van der Waals surface area contributed by atoms with Gasteiger partial charge < -0.3 is 10.0 Å². The normalized spacial score (nSPS) is 21.1. The van der Waals surface area contributed by atoms with Crippen molar-refractivity contribution in [3.05, 3.63) is 53.5 Å². The minimum Gasteiger partial charge on any atom is -0.476 e. The standard InChI is InChI=1S/C17H19N3O2/c1-11-5-3-4-6-14(11)13-7-12(2)20(10-13)16-9-18-15(8-19-16)17(21)22/h3-6,8-9,12-13H,7,10H2,1-2H3,(H,21,22). The number of aryl methyl sites for hydroxylation is 1. The number of carboxylic acids is 1. The van der Waals surface area contributed by atoms with Crippen molar-refractivity contribution in [3.8, 4) is 0 Å². The number of aromatic nitrogens is 2. The molecular formula is C17H19N3O2. The topological polar surface area (TPSA) is 66.3 Å². The molecule has 5 nitrogen and oxygen atoms in total. The van der Waals surface area contributed by atoms with Crippen molar-refractivity contribution in [3.63, 3.8) is 0 Å². The lowest BCUT2D eigenvalue weighted by Crippen LogP contribution is -2.27. The lowest BCUT2D eigenvalue weighted by molar-refractivity contribution is 0.0690. The first-order valence-corrected chi connectivity index (χ1v) is 7.43. The van der Waals surface area contributed by atoms with Crippen LogP contribution in [-0.4, -0.2) is 33.6 Å². The quantitative estimate of drug-likeness (QED) is 0.943. The number of aromatic carboxylic acids is 1. The first-order chi connectivity index (χ1) is 10.6. The van der Waals surface area contributed by atoms with Crippen LogP contribution in [0.2, 0.25) is 0 Å². The van der Waals surface area contributed by atoms with E-state index < -0.39 is 5.97 Å². The molecule has 2 unspecified atom stereocenters. The molecule has 2 heterocycles. The van der Waals surface area contributed by atoms with Crippen LogP contribution in [0.1, 0.15) is 40.9 Å². The van der Waals surface area contributed by atoms with Gasteiger partial charge >= 0.3 is 5.97 Å². The summed E-state index contributed by atoms with van der Waals surface area (Å²) in [6.45, 7) is 5.20. The van der Waals surface area contributed by atoms with Crippen molar-refractivity contribution < 1.29 is 9.90 Å². The summed E-state index contributed by atoms with van der Waals surface area (Å²) in [6, 6.07) is 8.83. The molecule has 2 aromatic rings. The highest BCUT2D eigenvalue weighted by Gasteiger charge is 2.31. The van der Waals surface area contributed by atoms with Gasteiger partial charge in [-0.1, -0.05) is 24.3 Å². The molecule has 0 amide bonds. The van der Waals surface area contributed by atoms with E-state index in [2.05, 4.69) is 53.0 Å². The Morgan fingerprint density at radius 1 is 1.27 bits per heavy atom. The monoisotopic (exact) mass is 297 g/mol. The maximum absolute atomic E-state index is 10.9. The van der Waals surface area contributed by atoms with Gasteiger partial charge in [0.25, 0.3) is 0 Å². The zero-order chi connectivity index (χ0) is 15.7. The SMILES string of the molecule is Cc1ccccc1C1CC(C)N(c2cnc(C(=O)O)cn2)C1. The summed E-state index contributed by atoms with van der Waals surface area (Å²) in [5.74, 6) is 0.164. The maximum atomic E-state index is 10.9. The van der Waals surface area contributed by atoms with Crippen LogP contribution in [0.15, 0.2) is 36.7 Å². The van der Waals surface area contributed by atoms with Crippen LogP contribution in [0, 0.1) is 6.92 Å². The molecule has 0 saturated carbocycles. The highest BCUT2D eigenvalue weighted by molar-refractivity contribution is 5.84. The highest BCUT2D eigenvalue weighted by Crippen LogP contribution is 2.35. The molecule has 1 saturated heterocycles. The minimum atomic E-state index is -1.05. The van der Waals surface area contributed by atoms with Crippen molar-refractivity contribution in [2.24, 2.45) is 0 Å². The van der Waals surface area contributed by atoms with E-state index in [0.29, 0.717) is 12.0 Å². The predicted octanol–water partition coefficient (Wildman–Crippen LogP) is 2.87. The van der Waals surface area contributed by atoms with Crippen LogP contribution in [0.5, 0.6) is 0 Å². The third-order valence-electron chi connectivity index (χ3n) is 4.35. The summed E-state index contributed by atoms with van der Waals surface area (Å²) in [6.07, 6.45) is 3.94. The number of rotatable bonds is 3. The first-order valence-electron chi connectivity index (χ1n) is 7.43. The zero-order valence-electron chi connectivity index (χ0n) is 12.7. The number of hydrogen-bond donors (Lipinski definition) is 1. The third-order valence-corrected chi connectivity index (χ3v) is 4.35. The molecule has 0 spiro atoms. The van der Waals surface area contributed by atoms with Crippen LogP contribution in [0.4, 0.5) is 5.82 Å². The fourth-order valence-electron chi connectivity index (χ4n) is 3.20. The van der Waals surface area contributed by atoms with Crippen molar-refractivity contribution in [2.75, 3.05) is 11.4 Å². The fourth-order valence-corrected chi connectivity index (χ4v) is 3.20. The molecule has 0 aliphatic carbocycles. The lowest BCUT2D eigenvalue weighted by Gasteiger charge is -2.22. The molecule has 1 aromatic heterocycles. The first kappa shape index (κ1) is 14.5. The van der Waals surface area contributed by atoms with E-state index in [4.69, 9.17) is 5.11 Å². The number of carbonyl (C=O) groups is 1. The molecule has 0 radical (unpaired) electrons. The number of nitrogens with zero attached hydrogens (tertiary/aromatic N) is 3. The van der Waals surface area contributed by atoms with E-state index in [1.165, 1.54) is 17.3 Å². The molecule has 3 rings (SSSR count). The molecule has 1 fully saturated rings. The molecule has 0 bridgehead atoms. The summed E-state index contributed by atoms with van der Waals surface area (Å²) < 4.78 is 0. The van der Waals surface area contributed by atoms with E-state index >= 15 is 0 Å². The Hall–Kier alpha value is -2.43. The summed E-state index contributed by atoms with van der Waals surface area (Å²) in [7, 11) is 0. The Labute approximate surface area is 129 Å².